The van der Waals surface area contributed by atoms with Gasteiger partial charge in [-0.1, -0.05) is 0 Å². The minimum atomic E-state index is 0.688. The Hall–Kier alpha value is -1.77. The summed E-state index contributed by atoms with van der Waals surface area (Å²) in [5.74, 6) is 0. The van der Waals surface area contributed by atoms with Crippen LogP contribution in [0.3, 0.4) is 0 Å². The van der Waals surface area contributed by atoms with Gasteiger partial charge in [0, 0.05) is 6.20 Å². The first-order valence-corrected chi connectivity index (χ1v) is 4.13. The Bertz CT molecular complexity index is 400. The molecule has 3 heteroatoms. The standard InChI is InChI=1S/C10H11N3/c1-7-4-5-12-10(7)9-3-2-8(11)6-13-9/h2-6,12H,11H2,1H3. The van der Waals surface area contributed by atoms with E-state index < -0.39 is 0 Å². The van der Waals surface area contributed by atoms with Crippen molar-refractivity contribution in [2.75, 3.05) is 5.73 Å². The molecule has 0 saturated carbocycles. The van der Waals surface area contributed by atoms with Crippen molar-refractivity contribution in [3.8, 4) is 11.4 Å². The third kappa shape index (κ3) is 1.40. The van der Waals surface area contributed by atoms with Crippen LogP contribution in [0.15, 0.2) is 30.6 Å². The van der Waals surface area contributed by atoms with Gasteiger partial charge in [0.15, 0.2) is 0 Å². The number of pyridine rings is 1. The monoisotopic (exact) mass is 173 g/mol. The minimum Gasteiger partial charge on any atom is -0.397 e. The molecule has 2 aromatic rings. The Morgan fingerprint density at radius 2 is 2.15 bits per heavy atom. The van der Waals surface area contributed by atoms with E-state index in [1.807, 2.05) is 31.3 Å². The summed E-state index contributed by atoms with van der Waals surface area (Å²) in [4.78, 5) is 7.36. The molecular weight excluding hydrogens is 162 g/mol. The number of nitrogen functional groups attached to an aromatic ring is 1. The molecule has 0 unspecified atom stereocenters. The predicted molar refractivity (Wildman–Crippen MR) is 53.2 cm³/mol. The van der Waals surface area contributed by atoms with E-state index in [1.165, 1.54) is 5.56 Å². The first-order chi connectivity index (χ1) is 6.27. The van der Waals surface area contributed by atoms with E-state index in [0.717, 1.165) is 11.4 Å². The first kappa shape index (κ1) is 7.86. The number of aryl methyl sites for hydroxylation is 1. The Balaban J connectivity index is 2.47. The number of aromatic amines is 1. The lowest BCUT2D eigenvalue weighted by atomic mass is 10.2. The number of anilines is 1. The fraction of sp³-hybridized carbons (Fsp3) is 0.100. The maximum atomic E-state index is 5.55. The van der Waals surface area contributed by atoms with Crippen LogP contribution in [0, 0.1) is 6.92 Å². The molecule has 2 heterocycles. The molecule has 2 rings (SSSR count). The minimum absolute atomic E-state index is 0.688. The number of hydrogen-bond acceptors (Lipinski definition) is 2. The van der Waals surface area contributed by atoms with Crippen LogP contribution in [0.4, 0.5) is 5.69 Å². The zero-order valence-corrected chi connectivity index (χ0v) is 7.41. The van der Waals surface area contributed by atoms with E-state index in [9.17, 15) is 0 Å². The molecule has 0 aromatic carbocycles. The van der Waals surface area contributed by atoms with Gasteiger partial charge in [-0.25, -0.2) is 0 Å². The van der Waals surface area contributed by atoms with Crippen molar-refractivity contribution < 1.29 is 0 Å². The Morgan fingerprint density at radius 3 is 2.69 bits per heavy atom. The van der Waals surface area contributed by atoms with Crippen LogP contribution in [0.5, 0.6) is 0 Å². The molecule has 3 N–H and O–H groups in total. The van der Waals surface area contributed by atoms with Crippen LogP contribution in [-0.4, -0.2) is 9.97 Å². The molecule has 2 aromatic heterocycles. The summed E-state index contributed by atoms with van der Waals surface area (Å²) in [6, 6.07) is 5.78. The van der Waals surface area contributed by atoms with E-state index in [0.29, 0.717) is 5.69 Å². The summed E-state index contributed by atoms with van der Waals surface area (Å²) in [7, 11) is 0. The molecule has 0 radical (unpaired) electrons. The quantitative estimate of drug-likeness (QED) is 0.692. The number of H-pyrrole nitrogens is 1. The van der Waals surface area contributed by atoms with Gasteiger partial charge in [-0.3, -0.25) is 4.98 Å². The van der Waals surface area contributed by atoms with Crippen molar-refractivity contribution in [1.29, 1.82) is 0 Å². The Labute approximate surface area is 76.6 Å². The third-order valence-corrected chi connectivity index (χ3v) is 2.00. The number of rotatable bonds is 1. The van der Waals surface area contributed by atoms with Crippen molar-refractivity contribution in [2.24, 2.45) is 0 Å². The van der Waals surface area contributed by atoms with Crippen molar-refractivity contribution in [1.82, 2.24) is 9.97 Å². The lowest BCUT2D eigenvalue weighted by Crippen LogP contribution is -1.89. The number of aromatic nitrogens is 2. The molecule has 0 amide bonds. The number of hydrogen-bond donors (Lipinski definition) is 2. The summed E-state index contributed by atoms with van der Waals surface area (Å²) in [5, 5.41) is 0. The van der Waals surface area contributed by atoms with Gasteiger partial charge < -0.3 is 10.7 Å². The molecule has 66 valence electrons. The van der Waals surface area contributed by atoms with Crippen molar-refractivity contribution >= 4 is 5.69 Å². The van der Waals surface area contributed by atoms with Gasteiger partial charge in [0.25, 0.3) is 0 Å². The average molecular weight is 173 g/mol. The first-order valence-electron chi connectivity index (χ1n) is 4.13. The van der Waals surface area contributed by atoms with Crippen LogP contribution >= 0.6 is 0 Å². The number of nitrogens with zero attached hydrogens (tertiary/aromatic N) is 1. The number of nitrogens with two attached hydrogens (primary N) is 1. The van der Waals surface area contributed by atoms with E-state index in [-0.39, 0.29) is 0 Å². The Morgan fingerprint density at radius 1 is 1.31 bits per heavy atom. The second-order valence-corrected chi connectivity index (χ2v) is 3.01. The molecule has 0 saturated heterocycles. The molecule has 0 aliphatic rings. The lowest BCUT2D eigenvalue weighted by molar-refractivity contribution is 1.27. The summed E-state index contributed by atoms with van der Waals surface area (Å²) in [6.07, 6.45) is 3.57. The van der Waals surface area contributed by atoms with Crippen LogP contribution in [0.1, 0.15) is 5.56 Å². The average Bonchev–Trinajstić information content (AvgIpc) is 2.53. The van der Waals surface area contributed by atoms with Gasteiger partial charge >= 0.3 is 0 Å². The molecule has 3 nitrogen and oxygen atoms in total. The highest BCUT2D eigenvalue weighted by molar-refractivity contribution is 5.60. The van der Waals surface area contributed by atoms with Crippen molar-refractivity contribution in [3.05, 3.63) is 36.2 Å². The highest BCUT2D eigenvalue weighted by Gasteiger charge is 2.02. The smallest absolute Gasteiger partial charge is 0.0868 e. The molecule has 0 aliphatic carbocycles. The zero-order valence-electron chi connectivity index (χ0n) is 7.41. The van der Waals surface area contributed by atoms with Crippen LogP contribution in [0.2, 0.25) is 0 Å². The fourth-order valence-corrected chi connectivity index (χ4v) is 1.28. The topological polar surface area (TPSA) is 54.7 Å². The molecule has 0 spiro atoms. The van der Waals surface area contributed by atoms with Gasteiger partial charge in [0.05, 0.1) is 23.3 Å². The normalized spacial score (nSPS) is 10.2. The van der Waals surface area contributed by atoms with Gasteiger partial charge in [-0.05, 0) is 30.7 Å². The summed E-state index contributed by atoms with van der Waals surface area (Å²) in [6.45, 7) is 2.05. The molecule has 0 aliphatic heterocycles. The fourth-order valence-electron chi connectivity index (χ4n) is 1.28. The van der Waals surface area contributed by atoms with Gasteiger partial charge in [-0.2, -0.15) is 0 Å². The maximum absolute atomic E-state index is 5.55. The van der Waals surface area contributed by atoms with Gasteiger partial charge in [-0.15, -0.1) is 0 Å². The van der Waals surface area contributed by atoms with Crippen LogP contribution < -0.4 is 5.73 Å². The predicted octanol–water partition coefficient (Wildman–Crippen LogP) is 1.97. The molecule has 0 bridgehead atoms. The SMILES string of the molecule is Cc1cc[nH]c1-c1ccc(N)cn1. The van der Waals surface area contributed by atoms with E-state index >= 15 is 0 Å². The van der Waals surface area contributed by atoms with E-state index in [1.54, 1.807) is 6.20 Å². The third-order valence-electron chi connectivity index (χ3n) is 2.00. The number of nitrogens with one attached hydrogen (secondary N) is 1. The van der Waals surface area contributed by atoms with Gasteiger partial charge in [0.1, 0.15) is 0 Å². The molecule has 0 atom stereocenters. The highest BCUT2D eigenvalue weighted by atomic mass is 14.8. The summed E-state index contributed by atoms with van der Waals surface area (Å²) < 4.78 is 0. The second kappa shape index (κ2) is 2.94. The Kier molecular flexibility index (Phi) is 1.77. The molecule has 13 heavy (non-hydrogen) atoms. The summed E-state index contributed by atoms with van der Waals surface area (Å²) in [5.41, 5.74) is 9.41. The van der Waals surface area contributed by atoms with Crippen LogP contribution in [0.25, 0.3) is 11.4 Å². The maximum Gasteiger partial charge on any atom is 0.0868 e. The highest BCUT2D eigenvalue weighted by Crippen LogP contribution is 2.19. The molecular formula is C10H11N3. The largest absolute Gasteiger partial charge is 0.397 e. The molecule has 0 fully saturated rings. The van der Waals surface area contributed by atoms with Crippen molar-refractivity contribution in [2.45, 2.75) is 6.92 Å². The second-order valence-electron chi connectivity index (χ2n) is 3.01. The van der Waals surface area contributed by atoms with E-state index in [4.69, 9.17) is 5.73 Å². The van der Waals surface area contributed by atoms with Crippen molar-refractivity contribution in [3.63, 3.8) is 0 Å². The summed E-state index contributed by atoms with van der Waals surface area (Å²) >= 11 is 0. The zero-order chi connectivity index (χ0) is 9.26. The van der Waals surface area contributed by atoms with Crippen LogP contribution in [-0.2, 0) is 0 Å². The van der Waals surface area contributed by atoms with E-state index in [2.05, 4.69) is 9.97 Å². The van der Waals surface area contributed by atoms with Gasteiger partial charge in [0.2, 0.25) is 0 Å². The lowest BCUT2D eigenvalue weighted by Gasteiger charge is -1.99.